The number of carbonyl (C=O) groups excluding carboxylic acids is 2. The number of hydrogen-bond acceptors (Lipinski definition) is 5. The van der Waals surface area contributed by atoms with Crippen LogP contribution in [0.4, 0.5) is 0 Å². The molecule has 0 spiro atoms. The summed E-state index contributed by atoms with van der Waals surface area (Å²) in [5.41, 5.74) is 0. The standard InChI is InChI=1S/C89H173NO5/c1-3-5-7-9-11-13-15-17-19-21-22-23-41-44-47-50-53-57-61-65-69-73-77-81-87(92)86(85-91)90-88(93)82-78-74-70-66-62-58-54-51-48-45-42-39-37-35-33-31-29-27-25-24-26-28-30-32-34-36-38-40-43-46-49-52-56-60-64-68-72-76-80-84-95-89(94)83-79-75-71-67-63-59-55-20-18-16-14-12-10-8-6-4-2/h20,24-25,55,86-87,91-92H,3-19,21-23,26-54,56-85H2,1-2H3,(H,90,93)/b25-24-,55-20-. The lowest BCUT2D eigenvalue weighted by molar-refractivity contribution is -0.143. The number of rotatable bonds is 84. The molecule has 3 N–H and O–H groups in total. The van der Waals surface area contributed by atoms with E-state index in [1.165, 1.54) is 430 Å². The Hall–Kier alpha value is -1.66. The van der Waals surface area contributed by atoms with Crippen LogP contribution in [0.15, 0.2) is 24.3 Å². The minimum absolute atomic E-state index is 0.0163. The van der Waals surface area contributed by atoms with E-state index in [-0.39, 0.29) is 18.5 Å². The number of nitrogens with one attached hydrogen (secondary N) is 1. The molecule has 0 fully saturated rings. The molecule has 564 valence electrons. The maximum Gasteiger partial charge on any atom is 0.305 e. The van der Waals surface area contributed by atoms with E-state index in [9.17, 15) is 19.8 Å². The largest absolute Gasteiger partial charge is 0.466 e. The summed E-state index contributed by atoms with van der Waals surface area (Å²) < 4.78 is 5.51. The van der Waals surface area contributed by atoms with Crippen molar-refractivity contribution in [1.29, 1.82) is 0 Å². The van der Waals surface area contributed by atoms with Crippen LogP contribution in [0, 0.1) is 0 Å². The second-order valence-electron chi connectivity index (χ2n) is 30.6. The molecule has 2 atom stereocenters. The first-order valence-corrected chi connectivity index (χ1v) is 44.1. The maximum atomic E-state index is 12.6. The van der Waals surface area contributed by atoms with Gasteiger partial charge in [0.2, 0.25) is 5.91 Å². The lowest BCUT2D eigenvalue weighted by Gasteiger charge is -2.22. The fraction of sp³-hybridized carbons (Fsp3) is 0.933. The Balaban J connectivity index is 3.32. The molecule has 0 rings (SSSR count). The molecule has 0 aliphatic heterocycles. The van der Waals surface area contributed by atoms with Gasteiger partial charge in [-0.25, -0.2) is 0 Å². The van der Waals surface area contributed by atoms with Gasteiger partial charge in [0.1, 0.15) is 0 Å². The molecule has 1 amide bonds. The molecule has 0 radical (unpaired) electrons. The molecule has 0 bridgehead atoms. The number of esters is 1. The summed E-state index contributed by atoms with van der Waals surface area (Å²) in [6.07, 6.45) is 110. The molecule has 0 aromatic rings. The average molecular weight is 1340 g/mol. The van der Waals surface area contributed by atoms with E-state index in [1.807, 2.05) is 0 Å². The van der Waals surface area contributed by atoms with Crippen molar-refractivity contribution in [3.05, 3.63) is 24.3 Å². The molecule has 0 saturated carbocycles. The zero-order valence-electron chi connectivity index (χ0n) is 64.9. The summed E-state index contributed by atoms with van der Waals surface area (Å²) in [6.45, 7) is 5.01. The Morgan fingerprint density at radius 2 is 0.495 bits per heavy atom. The van der Waals surface area contributed by atoms with Crippen LogP contribution in [0.3, 0.4) is 0 Å². The quantitative estimate of drug-likeness (QED) is 0.0320. The molecule has 6 heteroatoms. The highest BCUT2D eigenvalue weighted by atomic mass is 16.5. The van der Waals surface area contributed by atoms with E-state index in [0.29, 0.717) is 25.9 Å². The Morgan fingerprint density at radius 1 is 0.284 bits per heavy atom. The summed E-state index contributed by atoms with van der Waals surface area (Å²) in [4.78, 5) is 24.7. The Kier molecular flexibility index (Phi) is 83.3. The molecule has 0 aliphatic carbocycles. The maximum absolute atomic E-state index is 12.6. The van der Waals surface area contributed by atoms with Gasteiger partial charge in [0.05, 0.1) is 25.4 Å². The molecule has 6 nitrogen and oxygen atoms in total. The van der Waals surface area contributed by atoms with Gasteiger partial charge in [-0.2, -0.15) is 0 Å². The predicted octanol–water partition coefficient (Wildman–Crippen LogP) is 29.6. The fourth-order valence-corrected chi connectivity index (χ4v) is 14.3. The average Bonchev–Trinajstić information content (AvgIpc) is 3.06. The number of unbranched alkanes of at least 4 members (excludes halogenated alkanes) is 69. The second kappa shape index (κ2) is 84.8. The number of allylic oxidation sites excluding steroid dienone is 4. The van der Waals surface area contributed by atoms with Gasteiger partial charge in [-0.15, -0.1) is 0 Å². The van der Waals surface area contributed by atoms with E-state index in [0.717, 1.165) is 44.9 Å². The number of aliphatic hydroxyl groups excluding tert-OH is 2. The molecule has 95 heavy (non-hydrogen) atoms. The normalized spacial score (nSPS) is 12.5. The third-order valence-corrected chi connectivity index (χ3v) is 21.0. The monoisotopic (exact) mass is 1340 g/mol. The van der Waals surface area contributed by atoms with Crippen molar-refractivity contribution in [2.45, 2.75) is 520 Å². The number of ether oxygens (including phenoxy) is 1. The van der Waals surface area contributed by atoms with Crippen molar-refractivity contribution in [3.63, 3.8) is 0 Å². The van der Waals surface area contributed by atoms with E-state index in [2.05, 4.69) is 43.5 Å². The fourth-order valence-electron chi connectivity index (χ4n) is 14.3. The third kappa shape index (κ3) is 81.2. The number of hydrogen-bond donors (Lipinski definition) is 3. The van der Waals surface area contributed by atoms with Crippen LogP contribution in [0.2, 0.25) is 0 Å². The molecule has 0 aromatic carbocycles. The highest BCUT2D eigenvalue weighted by Gasteiger charge is 2.20. The molecular weight excluding hydrogens is 1160 g/mol. The van der Waals surface area contributed by atoms with Gasteiger partial charge in [-0.05, 0) is 77.0 Å². The van der Waals surface area contributed by atoms with Crippen LogP contribution in [0.5, 0.6) is 0 Å². The lowest BCUT2D eigenvalue weighted by Crippen LogP contribution is -2.45. The van der Waals surface area contributed by atoms with Crippen molar-refractivity contribution in [2.75, 3.05) is 13.2 Å². The number of carbonyl (C=O) groups is 2. The van der Waals surface area contributed by atoms with Crippen LogP contribution in [0.1, 0.15) is 508 Å². The predicted molar refractivity (Wildman–Crippen MR) is 421 cm³/mol. The van der Waals surface area contributed by atoms with Gasteiger partial charge < -0.3 is 20.3 Å². The first-order valence-electron chi connectivity index (χ1n) is 44.1. The van der Waals surface area contributed by atoms with Gasteiger partial charge >= 0.3 is 5.97 Å². The highest BCUT2D eigenvalue weighted by molar-refractivity contribution is 5.76. The van der Waals surface area contributed by atoms with Crippen LogP contribution in [0.25, 0.3) is 0 Å². The smallest absolute Gasteiger partial charge is 0.305 e. The minimum Gasteiger partial charge on any atom is -0.466 e. The molecule has 0 aliphatic rings. The number of amides is 1. The minimum atomic E-state index is -0.663. The van der Waals surface area contributed by atoms with E-state index >= 15 is 0 Å². The topological polar surface area (TPSA) is 95.9 Å². The molecule has 2 unspecified atom stereocenters. The molecule has 0 saturated heterocycles. The van der Waals surface area contributed by atoms with Gasteiger partial charge in [0.25, 0.3) is 0 Å². The summed E-state index contributed by atoms with van der Waals surface area (Å²) in [5, 5.41) is 23.5. The van der Waals surface area contributed by atoms with Crippen LogP contribution >= 0.6 is 0 Å². The van der Waals surface area contributed by atoms with Crippen LogP contribution in [-0.2, 0) is 14.3 Å². The van der Waals surface area contributed by atoms with Gasteiger partial charge in [-0.3, -0.25) is 9.59 Å². The SMILES string of the molecule is CCCCCCCCC/C=C\CCCCCCCC(=O)OCCCCCCCCCCCCCCCCCCCC/C=C\CCCCCCCCCCCCCCCCCCCC(=O)NC(CO)C(O)CCCCCCCCCCCCCCCCCCCCCCCCC. The van der Waals surface area contributed by atoms with E-state index in [1.54, 1.807) is 0 Å². The summed E-state index contributed by atoms with van der Waals surface area (Å²) >= 11 is 0. The zero-order valence-corrected chi connectivity index (χ0v) is 64.9. The first-order chi connectivity index (χ1) is 47.0. The van der Waals surface area contributed by atoms with E-state index < -0.39 is 12.1 Å². The van der Waals surface area contributed by atoms with Crippen molar-refractivity contribution < 1.29 is 24.5 Å². The van der Waals surface area contributed by atoms with Gasteiger partial charge in [-0.1, -0.05) is 443 Å². The van der Waals surface area contributed by atoms with Crippen molar-refractivity contribution >= 4 is 11.9 Å². The second-order valence-corrected chi connectivity index (χ2v) is 30.6. The van der Waals surface area contributed by atoms with Gasteiger partial charge in [0.15, 0.2) is 0 Å². The summed E-state index contributed by atoms with van der Waals surface area (Å²) in [7, 11) is 0. The third-order valence-electron chi connectivity index (χ3n) is 21.0. The zero-order chi connectivity index (χ0) is 68.4. The summed E-state index contributed by atoms with van der Waals surface area (Å²) in [6, 6.07) is -0.539. The Labute approximate surface area is 596 Å². The van der Waals surface area contributed by atoms with E-state index in [4.69, 9.17) is 4.74 Å². The first kappa shape index (κ1) is 93.3. The van der Waals surface area contributed by atoms with Crippen molar-refractivity contribution in [2.24, 2.45) is 0 Å². The molecular formula is C89H173NO5. The summed E-state index contributed by atoms with van der Waals surface area (Å²) in [5.74, 6) is -0.00812. The Morgan fingerprint density at radius 3 is 0.747 bits per heavy atom. The lowest BCUT2D eigenvalue weighted by atomic mass is 10.0. The van der Waals surface area contributed by atoms with Gasteiger partial charge in [0, 0.05) is 12.8 Å². The van der Waals surface area contributed by atoms with Crippen molar-refractivity contribution in [1.82, 2.24) is 5.32 Å². The molecule has 0 aromatic heterocycles. The van der Waals surface area contributed by atoms with Crippen molar-refractivity contribution in [3.8, 4) is 0 Å². The molecule has 0 heterocycles. The van der Waals surface area contributed by atoms with Crippen LogP contribution < -0.4 is 5.32 Å². The number of aliphatic hydroxyl groups is 2. The Bertz CT molecular complexity index is 1500. The highest BCUT2D eigenvalue weighted by Crippen LogP contribution is 2.21. The van der Waals surface area contributed by atoms with Crippen LogP contribution in [-0.4, -0.2) is 47.4 Å².